The second-order valence-corrected chi connectivity index (χ2v) is 14.8. The third-order valence-corrected chi connectivity index (χ3v) is 11.5. The van der Waals surface area contributed by atoms with Crippen molar-refractivity contribution in [2.75, 3.05) is 6.61 Å². The Morgan fingerprint density at radius 2 is 0.904 bits per heavy atom. The maximum absolute atomic E-state index is 6.61. The zero-order valence-corrected chi connectivity index (χ0v) is 30.6. The van der Waals surface area contributed by atoms with Crippen LogP contribution in [0.3, 0.4) is 0 Å². The first-order chi connectivity index (χ1) is 25.7. The maximum atomic E-state index is 6.61. The van der Waals surface area contributed by atoms with E-state index >= 15 is 0 Å². The quantitative estimate of drug-likeness (QED) is 0.0775. The topological polar surface area (TPSA) is 9.23 Å². The van der Waals surface area contributed by atoms with Crippen LogP contribution in [-0.2, 0) is 5.41 Å². The lowest BCUT2D eigenvalue weighted by Crippen LogP contribution is -2.25. The van der Waals surface area contributed by atoms with Crippen LogP contribution in [0.15, 0.2) is 152 Å². The zero-order valence-electron chi connectivity index (χ0n) is 30.6. The Bertz CT molecular complexity index is 2120. The largest absolute Gasteiger partial charge is 0.492 e. The standard InChI is InChI=1S/C51H50O/c1-2-3-4-17-32-51(33-18-5-6-19-34-52-50-44-26-15-13-24-42(44)35-43-25-14-16-27-45(43)50)48-36-40(38-20-9-7-10-21-38)28-30-46(48)47-31-29-41(37-49(47)51)39-22-11-8-12-23-39/h7-16,20-31,35-37H,2-6,17-19,32-34H2,1H3. The van der Waals surface area contributed by atoms with Crippen molar-refractivity contribution in [3.8, 4) is 39.1 Å². The van der Waals surface area contributed by atoms with E-state index in [1.54, 1.807) is 0 Å². The molecule has 0 heterocycles. The number of unbranched alkanes of at least 4 members (excludes halogenated alkanes) is 6. The molecule has 0 bridgehead atoms. The van der Waals surface area contributed by atoms with Crippen molar-refractivity contribution in [2.45, 2.75) is 76.5 Å². The fourth-order valence-electron chi connectivity index (χ4n) is 8.82. The molecule has 1 aliphatic carbocycles. The predicted octanol–water partition coefficient (Wildman–Crippen LogP) is 14.6. The van der Waals surface area contributed by atoms with Crippen LogP contribution in [0, 0.1) is 0 Å². The smallest absolute Gasteiger partial charge is 0.134 e. The lowest BCUT2D eigenvalue weighted by Gasteiger charge is -2.33. The van der Waals surface area contributed by atoms with E-state index in [9.17, 15) is 0 Å². The van der Waals surface area contributed by atoms with Gasteiger partial charge in [-0.2, -0.15) is 0 Å². The Balaban J connectivity index is 1.05. The molecule has 260 valence electrons. The van der Waals surface area contributed by atoms with Gasteiger partial charge in [-0.1, -0.05) is 185 Å². The summed E-state index contributed by atoms with van der Waals surface area (Å²) in [6, 6.07) is 56.0. The van der Waals surface area contributed by atoms with Gasteiger partial charge in [-0.25, -0.2) is 0 Å². The maximum Gasteiger partial charge on any atom is 0.134 e. The molecule has 7 aromatic carbocycles. The van der Waals surface area contributed by atoms with E-state index in [-0.39, 0.29) is 5.41 Å². The summed E-state index contributed by atoms with van der Waals surface area (Å²) in [6.07, 6.45) is 12.1. The van der Waals surface area contributed by atoms with E-state index in [1.165, 1.54) is 124 Å². The van der Waals surface area contributed by atoms with Gasteiger partial charge in [0, 0.05) is 16.2 Å². The van der Waals surface area contributed by atoms with E-state index < -0.39 is 0 Å². The molecule has 0 saturated carbocycles. The number of ether oxygens (including phenoxy) is 1. The van der Waals surface area contributed by atoms with Crippen LogP contribution in [-0.4, -0.2) is 6.61 Å². The second-order valence-electron chi connectivity index (χ2n) is 14.8. The molecule has 0 amide bonds. The van der Waals surface area contributed by atoms with Gasteiger partial charge in [-0.3, -0.25) is 0 Å². The molecule has 0 N–H and O–H groups in total. The third kappa shape index (κ3) is 6.78. The highest BCUT2D eigenvalue weighted by atomic mass is 16.5. The first-order valence-electron chi connectivity index (χ1n) is 19.7. The first-order valence-corrected chi connectivity index (χ1v) is 19.7. The molecule has 0 atom stereocenters. The zero-order chi connectivity index (χ0) is 35.2. The number of benzene rings is 7. The molecule has 0 saturated heterocycles. The van der Waals surface area contributed by atoms with Crippen molar-refractivity contribution in [1.82, 2.24) is 0 Å². The third-order valence-electron chi connectivity index (χ3n) is 11.5. The fourth-order valence-corrected chi connectivity index (χ4v) is 8.82. The number of hydrogen-bond donors (Lipinski definition) is 0. The van der Waals surface area contributed by atoms with E-state index in [4.69, 9.17) is 4.74 Å². The summed E-state index contributed by atoms with van der Waals surface area (Å²) in [4.78, 5) is 0. The van der Waals surface area contributed by atoms with E-state index in [1.807, 2.05) is 0 Å². The highest BCUT2D eigenvalue weighted by Crippen LogP contribution is 2.55. The van der Waals surface area contributed by atoms with Gasteiger partial charge >= 0.3 is 0 Å². The average Bonchev–Trinajstić information content (AvgIpc) is 3.47. The van der Waals surface area contributed by atoms with E-state index in [0.717, 1.165) is 18.8 Å². The van der Waals surface area contributed by atoms with Crippen LogP contribution in [0.4, 0.5) is 0 Å². The first kappa shape index (κ1) is 34.0. The Labute approximate surface area is 310 Å². The molecule has 0 aromatic heterocycles. The molecule has 0 aliphatic heterocycles. The normalized spacial score (nSPS) is 12.9. The Kier molecular flexibility index (Phi) is 10.2. The lowest BCUT2D eigenvalue weighted by molar-refractivity contribution is 0.309. The van der Waals surface area contributed by atoms with Gasteiger partial charge in [0.2, 0.25) is 0 Å². The summed E-state index contributed by atoms with van der Waals surface area (Å²) in [5.41, 5.74) is 11.2. The van der Waals surface area contributed by atoms with E-state index in [2.05, 4.69) is 159 Å². The van der Waals surface area contributed by atoms with Gasteiger partial charge in [-0.15, -0.1) is 0 Å². The summed E-state index contributed by atoms with van der Waals surface area (Å²) in [7, 11) is 0. The van der Waals surface area contributed by atoms with Gasteiger partial charge in [0.25, 0.3) is 0 Å². The molecule has 1 nitrogen and oxygen atoms in total. The number of hydrogen-bond acceptors (Lipinski definition) is 1. The van der Waals surface area contributed by atoms with Crippen LogP contribution in [0.2, 0.25) is 0 Å². The number of fused-ring (bicyclic) bond motifs is 5. The molecule has 0 unspecified atom stereocenters. The van der Waals surface area contributed by atoms with Gasteiger partial charge in [0.05, 0.1) is 6.61 Å². The van der Waals surface area contributed by atoms with Crippen molar-refractivity contribution in [2.24, 2.45) is 0 Å². The minimum atomic E-state index is 0.00631. The van der Waals surface area contributed by atoms with Crippen molar-refractivity contribution in [3.63, 3.8) is 0 Å². The highest BCUT2D eigenvalue weighted by molar-refractivity contribution is 6.05. The van der Waals surface area contributed by atoms with Crippen LogP contribution in [0.5, 0.6) is 5.75 Å². The molecular weight excluding hydrogens is 629 g/mol. The van der Waals surface area contributed by atoms with Crippen LogP contribution in [0.25, 0.3) is 54.9 Å². The van der Waals surface area contributed by atoms with Gasteiger partial charge < -0.3 is 4.74 Å². The van der Waals surface area contributed by atoms with Crippen molar-refractivity contribution < 1.29 is 4.74 Å². The summed E-state index contributed by atoms with van der Waals surface area (Å²) in [5.74, 6) is 1.03. The summed E-state index contributed by atoms with van der Waals surface area (Å²) in [5, 5.41) is 4.89. The lowest BCUT2D eigenvalue weighted by atomic mass is 9.70. The van der Waals surface area contributed by atoms with Crippen LogP contribution < -0.4 is 4.74 Å². The minimum Gasteiger partial charge on any atom is -0.492 e. The Hall–Kier alpha value is -5.14. The van der Waals surface area contributed by atoms with E-state index in [0.29, 0.717) is 0 Å². The van der Waals surface area contributed by atoms with Crippen molar-refractivity contribution in [1.29, 1.82) is 0 Å². The molecule has 0 spiro atoms. The van der Waals surface area contributed by atoms with Crippen molar-refractivity contribution >= 4 is 21.5 Å². The minimum absolute atomic E-state index is 0.00631. The SMILES string of the molecule is CCCCCCC1(CCCCCCOc2c3ccccc3cc3ccccc23)c2cc(-c3ccccc3)ccc2-c2ccc(-c3ccccc3)cc21. The van der Waals surface area contributed by atoms with Gasteiger partial charge in [0.1, 0.15) is 5.75 Å². The molecule has 7 aromatic rings. The molecule has 1 heteroatoms. The predicted molar refractivity (Wildman–Crippen MR) is 222 cm³/mol. The Morgan fingerprint density at radius 1 is 0.423 bits per heavy atom. The average molecular weight is 679 g/mol. The molecule has 52 heavy (non-hydrogen) atoms. The molecule has 0 radical (unpaired) electrons. The summed E-state index contributed by atoms with van der Waals surface area (Å²) in [6.45, 7) is 3.06. The monoisotopic (exact) mass is 678 g/mol. The van der Waals surface area contributed by atoms with Crippen LogP contribution >= 0.6 is 0 Å². The Morgan fingerprint density at radius 3 is 1.44 bits per heavy atom. The van der Waals surface area contributed by atoms with Crippen LogP contribution in [0.1, 0.15) is 82.3 Å². The summed E-state index contributed by atoms with van der Waals surface area (Å²) >= 11 is 0. The molecule has 8 rings (SSSR count). The summed E-state index contributed by atoms with van der Waals surface area (Å²) < 4.78 is 6.61. The van der Waals surface area contributed by atoms with Gasteiger partial charge in [0.15, 0.2) is 0 Å². The molecule has 1 aliphatic rings. The van der Waals surface area contributed by atoms with Crippen molar-refractivity contribution in [3.05, 3.63) is 163 Å². The molecular formula is C51H50O. The highest BCUT2D eigenvalue weighted by Gasteiger charge is 2.42. The fraction of sp³-hybridized carbons (Fsp3) is 0.255. The van der Waals surface area contributed by atoms with Gasteiger partial charge in [-0.05, 0) is 92.7 Å². The number of rotatable bonds is 15. The molecule has 0 fully saturated rings. The second kappa shape index (κ2) is 15.6.